The Morgan fingerprint density at radius 1 is 1.37 bits per heavy atom. The molecule has 0 bridgehead atoms. The van der Waals surface area contributed by atoms with Crippen molar-refractivity contribution in [2.45, 2.75) is 63.4 Å². The largest absolute Gasteiger partial charge is 0.370 e. The van der Waals surface area contributed by atoms with E-state index in [1.54, 1.807) is 7.11 Å². The first-order valence-electron chi connectivity index (χ1n) is 7.20. The third-order valence-corrected chi connectivity index (χ3v) is 4.68. The monoisotopic (exact) mass is 267 g/mol. The number of aromatic nitrogens is 2. The van der Waals surface area contributed by atoms with Gasteiger partial charge in [-0.25, -0.2) is 0 Å². The molecule has 0 aromatic carbocycles. The van der Waals surface area contributed by atoms with Gasteiger partial charge < -0.3 is 15.0 Å². The molecule has 1 unspecified atom stereocenters. The van der Waals surface area contributed by atoms with E-state index >= 15 is 0 Å². The van der Waals surface area contributed by atoms with E-state index in [1.807, 2.05) is 6.92 Å². The number of rotatable bonds is 5. The van der Waals surface area contributed by atoms with E-state index in [9.17, 15) is 0 Å². The molecule has 2 rings (SSSR count). The van der Waals surface area contributed by atoms with Crippen LogP contribution in [0.1, 0.15) is 64.1 Å². The van der Waals surface area contributed by atoms with Gasteiger partial charge in [-0.05, 0) is 26.2 Å². The number of ether oxygens (including phenoxy) is 1. The maximum Gasteiger partial charge on any atom is 0.234 e. The number of methoxy groups -OCH3 is 1. The molecular weight excluding hydrogens is 242 g/mol. The van der Waals surface area contributed by atoms with Crippen molar-refractivity contribution in [2.75, 3.05) is 13.7 Å². The maximum atomic E-state index is 5.99. The first-order chi connectivity index (χ1) is 9.10. The predicted molar refractivity (Wildman–Crippen MR) is 72.8 cm³/mol. The summed E-state index contributed by atoms with van der Waals surface area (Å²) in [7, 11) is 1.68. The second-order valence-electron chi connectivity index (χ2n) is 5.76. The summed E-state index contributed by atoms with van der Waals surface area (Å²) in [5, 5.41) is 4.13. The molecule has 1 aliphatic carbocycles. The van der Waals surface area contributed by atoms with Gasteiger partial charge in [-0.15, -0.1) is 0 Å². The zero-order valence-electron chi connectivity index (χ0n) is 12.2. The smallest absolute Gasteiger partial charge is 0.234 e. The normalized spacial score (nSPS) is 22.1. The third kappa shape index (κ3) is 2.54. The topological polar surface area (TPSA) is 74.2 Å². The molecule has 0 spiro atoms. The highest BCUT2D eigenvalue weighted by Gasteiger charge is 2.40. The lowest BCUT2D eigenvalue weighted by molar-refractivity contribution is -0.0106. The Morgan fingerprint density at radius 2 is 2.05 bits per heavy atom. The Kier molecular flexibility index (Phi) is 4.26. The van der Waals surface area contributed by atoms with E-state index in [1.165, 1.54) is 19.3 Å². The van der Waals surface area contributed by atoms with E-state index in [-0.39, 0.29) is 5.41 Å². The van der Waals surface area contributed by atoms with Crippen LogP contribution in [0.15, 0.2) is 4.52 Å². The lowest BCUT2D eigenvalue weighted by atomic mass is 9.74. The SMILES string of the molecule is CCC(C)(OC)c1noc(C2(CN)CCCCC2)n1. The van der Waals surface area contributed by atoms with Crippen LogP contribution in [-0.4, -0.2) is 23.8 Å². The van der Waals surface area contributed by atoms with Crippen molar-refractivity contribution < 1.29 is 9.26 Å². The number of nitrogens with zero attached hydrogens (tertiary/aromatic N) is 2. The lowest BCUT2D eigenvalue weighted by Gasteiger charge is -2.32. The molecule has 1 aromatic heterocycles. The van der Waals surface area contributed by atoms with Crippen molar-refractivity contribution in [3.8, 4) is 0 Å². The number of nitrogens with two attached hydrogens (primary N) is 1. The molecular formula is C14H25N3O2. The highest BCUT2D eigenvalue weighted by molar-refractivity contribution is 5.10. The van der Waals surface area contributed by atoms with Crippen molar-refractivity contribution in [1.82, 2.24) is 10.1 Å². The van der Waals surface area contributed by atoms with Gasteiger partial charge in [-0.3, -0.25) is 0 Å². The summed E-state index contributed by atoms with van der Waals surface area (Å²) in [6.45, 7) is 4.61. The van der Waals surface area contributed by atoms with Crippen molar-refractivity contribution in [2.24, 2.45) is 5.73 Å². The molecule has 1 heterocycles. The standard InChI is InChI=1S/C14H25N3O2/c1-4-13(2,18-3)11-16-12(19-17-11)14(10-15)8-6-5-7-9-14/h4-10,15H2,1-3H3. The summed E-state index contributed by atoms with van der Waals surface area (Å²) in [5.41, 5.74) is 5.40. The van der Waals surface area contributed by atoms with Gasteiger partial charge in [0.2, 0.25) is 11.7 Å². The van der Waals surface area contributed by atoms with E-state index in [2.05, 4.69) is 17.1 Å². The first-order valence-corrected chi connectivity index (χ1v) is 7.20. The minimum Gasteiger partial charge on any atom is -0.370 e. The molecule has 108 valence electrons. The summed E-state index contributed by atoms with van der Waals surface area (Å²) in [4.78, 5) is 4.61. The van der Waals surface area contributed by atoms with Crippen LogP contribution in [0.2, 0.25) is 0 Å². The van der Waals surface area contributed by atoms with Gasteiger partial charge in [0.05, 0.1) is 5.41 Å². The quantitative estimate of drug-likeness (QED) is 0.887. The van der Waals surface area contributed by atoms with Crippen LogP contribution in [0, 0.1) is 0 Å². The van der Waals surface area contributed by atoms with Crippen LogP contribution in [0.4, 0.5) is 0 Å². The van der Waals surface area contributed by atoms with Crippen LogP contribution in [0.3, 0.4) is 0 Å². The molecule has 19 heavy (non-hydrogen) atoms. The molecule has 0 amide bonds. The maximum absolute atomic E-state index is 5.99. The average molecular weight is 267 g/mol. The summed E-state index contributed by atoms with van der Waals surface area (Å²) in [5.74, 6) is 1.33. The molecule has 1 fully saturated rings. The first kappa shape index (κ1) is 14.5. The van der Waals surface area contributed by atoms with Gasteiger partial charge in [-0.1, -0.05) is 31.3 Å². The molecule has 5 heteroatoms. The molecule has 1 saturated carbocycles. The van der Waals surface area contributed by atoms with E-state index < -0.39 is 5.60 Å². The molecule has 5 nitrogen and oxygen atoms in total. The van der Waals surface area contributed by atoms with E-state index in [0.717, 1.165) is 19.3 Å². The summed E-state index contributed by atoms with van der Waals surface area (Å²) >= 11 is 0. The Balaban J connectivity index is 2.29. The predicted octanol–water partition coefficient (Wildman–Crippen LogP) is 2.50. The fourth-order valence-corrected chi connectivity index (χ4v) is 2.78. The zero-order valence-corrected chi connectivity index (χ0v) is 12.2. The van der Waals surface area contributed by atoms with Gasteiger partial charge in [0, 0.05) is 13.7 Å². The Labute approximate surface area is 114 Å². The molecule has 0 saturated heterocycles. The fourth-order valence-electron chi connectivity index (χ4n) is 2.78. The van der Waals surface area contributed by atoms with Gasteiger partial charge >= 0.3 is 0 Å². The van der Waals surface area contributed by atoms with Gasteiger partial charge in [0.15, 0.2) is 0 Å². The van der Waals surface area contributed by atoms with Crippen LogP contribution in [0.5, 0.6) is 0 Å². The van der Waals surface area contributed by atoms with Crippen molar-refractivity contribution in [3.63, 3.8) is 0 Å². The molecule has 1 aliphatic rings. The summed E-state index contributed by atoms with van der Waals surface area (Å²) < 4.78 is 11.1. The van der Waals surface area contributed by atoms with Crippen molar-refractivity contribution in [1.29, 1.82) is 0 Å². The fraction of sp³-hybridized carbons (Fsp3) is 0.857. The average Bonchev–Trinajstić information content (AvgIpc) is 2.98. The number of hydrogen-bond acceptors (Lipinski definition) is 5. The Bertz CT molecular complexity index is 407. The van der Waals surface area contributed by atoms with Crippen LogP contribution in [0.25, 0.3) is 0 Å². The zero-order chi connectivity index (χ0) is 13.9. The van der Waals surface area contributed by atoms with Crippen LogP contribution in [-0.2, 0) is 15.8 Å². The second-order valence-corrected chi connectivity index (χ2v) is 5.76. The molecule has 0 radical (unpaired) electrons. The van der Waals surface area contributed by atoms with Crippen molar-refractivity contribution in [3.05, 3.63) is 11.7 Å². The van der Waals surface area contributed by atoms with Crippen LogP contribution >= 0.6 is 0 Å². The van der Waals surface area contributed by atoms with Gasteiger partial charge in [0.1, 0.15) is 5.60 Å². The molecule has 1 aromatic rings. The highest BCUT2D eigenvalue weighted by atomic mass is 16.5. The highest BCUT2D eigenvalue weighted by Crippen LogP contribution is 2.38. The molecule has 1 atom stereocenters. The summed E-state index contributed by atoms with van der Waals surface area (Å²) in [6, 6.07) is 0. The summed E-state index contributed by atoms with van der Waals surface area (Å²) in [6.07, 6.45) is 6.53. The van der Waals surface area contributed by atoms with E-state index in [4.69, 9.17) is 15.0 Å². The second kappa shape index (κ2) is 5.59. The van der Waals surface area contributed by atoms with Crippen LogP contribution < -0.4 is 5.73 Å². The van der Waals surface area contributed by atoms with E-state index in [0.29, 0.717) is 18.3 Å². The van der Waals surface area contributed by atoms with Gasteiger partial charge in [0.25, 0.3) is 0 Å². The Hall–Kier alpha value is -0.940. The third-order valence-electron chi connectivity index (χ3n) is 4.68. The number of hydrogen-bond donors (Lipinski definition) is 1. The Morgan fingerprint density at radius 3 is 2.58 bits per heavy atom. The minimum atomic E-state index is -0.480. The lowest BCUT2D eigenvalue weighted by Crippen LogP contribution is -2.37. The molecule has 0 aliphatic heterocycles. The van der Waals surface area contributed by atoms with Crippen molar-refractivity contribution >= 4 is 0 Å². The van der Waals surface area contributed by atoms with Gasteiger partial charge in [-0.2, -0.15) is 4.98 Å². The molecule has 2 N–H and O–H groups in total. The minimum absolute atomic E-state index is 0.119.